The molecule has 5 rings (SSSR count). The van der Waals surface area contributed by atoms with Gasteiger partial charge in [-0.15, -0.1) is 0 Å². The molecule has 0 saturated carbocycles. The average molecular weight is 459 g/mol. The quantitative estimate of drug-likeness (QED) is 0.299. The number of aromatic nitrogens is 3. The first-order chi connectivity index (χ1) is 16.0. The van der Waals surface area contributed by atoms with Gasteiger partial charge in [-0.1, -0.05) is 48.0 Å². The SMILES string of the molecule is COc1ccc(CNc2nc(-c3ccc(C(=O)O)cc3)nc3[nH]c4ccccc4c23)cc1Cl. The molecule has 2 heterocycles. The Morgan fingerprint density at radius 3 is 2.61 bits per heavy atom. The number of methoxy groups -OCH3 is 1. The largest absolute Gasteiger partial charge is 0.495 e. The molecule has 0 saturated heterocycles. The number of anilines is 1. The van der Waals surface area contributed by atoms with Crippen molar-refractivity contribution in [1.82, 2.24) is 15.0 Å². The summed E-state index contributed by atoms with van der Waals surface area (Å²) in [5, 5.41) is 15.0. The highest BCUT2D eigenvalue weighted by molar-refractivity contribution is 6.32. The van der Waals surface area contributed by atoms with Crippen LogP contribution in [0.2, 0.25) is 5.02 Å². The highest BCUT2D eigenvalue weighted by Crippen LogP contribution is 2.32. The van der Waals surface area contributed by atoms with Crippen molar-refractivity contribution in [2.24, 2.45) is 0 Å². The van der Waals surface area contributed by atoms with Crippen molar-refractivity contribution < 1.29 is 14.6 Å². The van der Waals surface area contributed by atoms with E-state index < -0.39 is 5.97 Å². The lowest BCUT2D eigenvalue weighted by atomic mass is 10.1. The lowest BCUT2D eigenvalue weighted by molar-refractivity contribution is 0.0697. The van der Waals surface area contributed by atoms with Crippen LogP contribution in [0.5, 0.6) is 5.75 Å². The molecule has 8 heteroatoms. The van der Waals surface area contributed by atoms with E-state index in [1.54, 1.807) is 31.4 Å². The van der Waals surface area contributed by atoms with Gasteiger partial charge in [0.1, 0.15) is 17.2 Å². The lowest BCUT2D eigenvalue weighted by Gasteiger charge is -2.11. The molecular weight excluding hydrogens is 440 g/mol. The second-order valence-corrected chi connectivity index (χ2v) is 7.90. The number of carbonyl (C=O) groups is 1. The van der Waals surface area contributed by atoms with Gasteiger partial charge in [-0.3, -0.25) is 0 Å². The first kappa shape index (κ1) is 20.8. The number of carboxylic acids is 1. The molecule has 2 aromatic heterocycles. The maximum atomic E-state index is 11.2. The van der Waals surface area contributed by atoms with E-state index in [2.05, 4.69) is 10.3 Å². The first-order valence-corrected chi connectivity index (χ1v) is 10.6. The summed E-state index contributed by atoms with van der Waals surface area (Å²) in [7, 11) is 1.58. The van der Waals surface area contributed by atoms with E-state index in [9.17, 15) is 9.90 Å². The molecule has 33 heavy (non-hydrogen) atoms. The van der Waals surface area contributed by atoms with E-state index in [4.69, 9.17) is 26.3 Å². The molecule has 0 aliphatic carbocycles. The van der Waals surface area contributed by atoms with Crippen LogP contribution >= 0.6 is 11.6 Å². The average Bonchev–Trinajstić information content (AvgIpc) is 3.21. The van der Waals surface area contributed by atoms with Gasteiger partial charge in [0, 0.05) is 23.0 Å². The molecule has 0 unspecified atom stereocenters. The Balaban J connectivity index is 1.58. The normalized spacial score (nSPS) is 11.1. The molecule has 0 bridgehead atoms. The van der Waals surface area contributed by atoms with Crippen LogP contribution < -0.4 is 10.1 Å². The Morgan fingerprint density at radius 1 is 1.09 bits per heavy atom. The number of aromatic amines is 1. The minimum atomic E-state index is -0.978. The third-order valence-electron chi connectivity index (χ3n) is 5.42. The number of rotatable bonds is 6. The summed E-state index contributed by atoms with van der Waals surface area (Å²) in [6, 6.07) is 20.1. The summed E-state index contributed by atoms with van der Waals surface area (Å²) in [6.45, 7) is 0.493. The molecular formula is C25H19ClN4O3. The Labute approximate surface area is 194 Å². The number of carboxylic acid groups (broad SMARTS) is 1. The smallest absolute Gasteiger partial charge is 0.335 e. The Morgan fingerprint density at radius 2 is 1.88 bits per heavy atom. The minimum absolute atomic E-state index is 0.208. The number of para-hydroxylation sites is 1. The van der Waals surface area contributed by atoms with Crippen molar-refractivity contribution in [1.29, 1.82) is 0 Å². The van der Waals surface area contributed by atoms with Gasteiger partial charge < -0.3 is 20.1 Å². The number of fused-ring (bicyclic) bond motifs is 3. The number of hydrogen-bond donors (Lipinski definition) is 3. The van der Waals surface area contributed by atoms with Gasteiger partial charge in [-0.05, 0) is 35.9 Å². The molecule has 5 aromatic rings. The van der Waals surface area contributed by atoms with Crippen molar-refractivity contribution >= 4 is 45.3 Å². The van der Waals surface area contributed by atoms with Crippen LogP contribution in [0.4, 0.5) is 5.82 Å². The summed E-state index contributed by atoms with van der Waals surface area (Å²) in [6.07, 6.45) is 0. The van der Waals surface area contributed by atoms with Crippen LogP contribution in [-0.2, 0) is 6.54 Å². The molecule has 0 aliphatic rings. The van der Waals surface area contributed by atoms with E-state index in [0.717, 1.165) is 27.4 Å². The second-order valence-electron chi connectivity index (χ2n) is 7.49. The third-order valence-corrected chi connectivity index (χ3v) is 5.72. The second kappa shape index (κ2) is 8.44. The van der Waals surface area contributed by atoms with E-state index >= 15 is 0 Å². The maximum Gasteiger partial charge on any atom is 0.335 e. The number of aromatic carboxylic acids is 1. The van der Waals surface area contributed by atoms with Crippen LogP contribution in [-0.4, -0.2) is 33.1 Å². The predicted octanol–water partition coefficient (Wildman–Crippen LogP) is 5.75. The fourth-order valence-electron chi connectivity index (χ4n) is 3.77. The van der Waals surface area contributed by atoms with Gasteiger partial charge in [-0.25, -0.2) is 14.8 Å². The van der Waals surface area contributed by atoms with Crippen LogP contribution in [0.25, 0.3) is 33.3 Å². The van der Waals surface area contributed by atoms with E-state index in [-0.39, 0.29) is 5.56 Å². The molecule has 7 nitrogen and oxygen atoms in total. The van der Waals surface area contributed by atoms with Crippen LogP contribution in [0.3, 0.4) is 0 Å². The van der Waals surface area contributed by atoms with Crippen molar-refractivity contribution in [2.75, 3.05) is 12.4 Å². The number of hydrogen-bond acceptors (Lipinski definition) is 5. The van der Waals surface area contributed by atoms with Crippen molar-refractivity contribution in [2.45, 2.75) is 6.54 Å². The number of H-pyrrole nitrogens is 1. The molecule has 0 radical (unpaired) electrons. The summed E-state index contributed by atoms with van der Waals surface area (Å²) in [5.41, 5.74) is 3.55. The zero-order valence-electron chi connectivity index (χ0n) is 17.6. The summed E-state index contributed by atoms with van der Waals surface area (Å²) in [5.74, 6) is 0.797. The van der Waals surface area contributed by atoms with Gasteiger partial charge in [0.15, 0.2) is 5.82 Å². The number of nitrogens with zero attached hydrogens (tertiary/aromatic N) is 2. The molecule has 0 amide bonds. The van der Waals surface area contributed by atoms with Gasteiger partial charge in [0.05, 0.1) is 23.1 Å². The molecule has 0 atom stereocenters. The topological polar surface area (TPSA) is 100 Å². The number of benzene rings is 3. The fraction of sp³-hybridized carbons (Fsp3) is 0.0800. The molecule has 0 fully saturated rings. The molecule has 0 spiro atoms. The number of halogens is 1. The molecule has 3 aromatic carbocycles. The molecule has 3 N–H and O–H groups in total. The van der Waals surface area contributed by atoms with Gasteiger partial charge >= 0.3 is 5.97 Å². The van der Waals surface area contributed by atoms with Gasteiger partial charge in [0.2, 0.25) is 0 Å². The van der Waals surface area contributed by atoms with Crippen molar-refractivity contribution in [3.63, 3.8) is 0 Å². The van der Waals surface area contributed by atoms with E-state index in [0.29, 0.717) is 34.6 Å². The standard InChI is InChI=1S/C25H19ClN4O3/c1-33-20-11-6-14(12-18(20)26)13-27-23-21-17-4-2-3-5-19(17)28-24(21)30-22(29-23)15-7-9-16(10-8-15)25(31)32/h2-12H,13H2,1H3,(H,31,32)(H2,27,28,29,30). The monoisotopic (exact) mass is 458 g/mol. The predicted molar refractivity (Wildman–Crippen MR) is 129 cm³/mol. The van der Waals surface area contributed by atoms with Crippen LogP contribution in [0.1, 0.15) is 15.9 Å². The Kier molecular flexibility index (Phi) is 5.32. The van der Waals surface area contributed by atoms with Crippen LogP contribution in [0.15, 0.2) is 66.7 Å². The highest BCUT2D eigenvalue weighted by atomic mass is 35.5. The zero-order chi connectivity index (χ0) is 22.9. The highest BCUT2D eigenvalue weighted by Gasteiger charge is 2.15. The van der Waals surface area contributed by atoms with Crippen LogP contribution in [0, 0.1) is 0 Å². The van der Waals surface area contributed by atoms with Crippen molar-refractivity contribution in [3.05, 3.63) is 82.9 Å². The minimum Gasteiger partial charge on any atom is -0.495 e. The lowest BCUT2D eigenvalue weighted by Crippen LogP contribution is -2.04. The van der Waals surface area contributed by atoms with Gasteiger partial charge in [-0.2, -0.15) is 0 Å². The van der Waals surface area contributed by atoms with Crippen molar-refractivity contribution in [3.8, 4) is 17.1 Å². The van der Waals surface area contributed by atoms with E-state index in [1.807, 2.05) is 42.5 Å². The number of nitrogens with one attached hydrogen (secondary N) is 2. The summed E-state index contributed by atoms with van der Waals surface area (Å²) >= 11 is 6.28. The van der Waals surface area contributed by atoms with E-state index in [1.165, 1.54) is 0 Å². The number of ether oxygens (including phenoxy) is 1. The Hall–Kier alpha value is -4.10. The fourth-order valence-corrected chi connectivity index (χ4v) is 4.05. The summed E-state index contributed by atoms with van der Waals surface area (Å²) in [4.78, 5) is 24.1. The third kappa shape index (κ3) is 3.94. The molecule has 0 aliphatic heterocycles. The maximum absolute atomic E-state index is 11.2. The summed E-state index contributed by atoms with van der Waals surface area (Å²) < 4.78 is 5.23. The molecule has 164 valence electrons. The first-order valence-electron chi connectivity index (χ1n) is 10.2. The zero-order valence-corrected chi connectivity index (χ0v) is 18.3. The Bertz CT molecular complexity index is 1500. The van der Waals surface area contributed by atoms with Gasteiger partial charge in [0.25, 0.3) is 0 Å².